The lowest BCUT2D eigenvalue weighted by atomic mass is 9.99. The summed E-state index contributed by atoms with van der Waals surface area (Å²) in [4.78, 5) is 13.0. The Bertz CT molecular complexity index is 1070. The first-order chi connectivity index (χ1) is 30.3. The minimum Gasteiger partial charge on any atom is -0.394 e. The second-order valence-electron chi connectivity index (χ2n) is 18.3. The molecule has 1 amide bonds. The van der Waals surface area contributed by atoms with Crippen LogP contribution in [0, 0.1) is 0 Å². The predicted molar refractivity (Wildman–Crippen MR) is 258 cm³/mol. The number of aliphatic hydroxyl groups excluding tert-OH is 5. The number of carbonyl (C=O) groups is 1. The molecule has 0 aromatic heterocycles. The number of carbonyl (C=O) groups excluding carboxylic acids is 1. The van der Waals surface area contributed by atoms with E-state index in [1.807, 2.05) is 6.08 Å². The Kier molecular flexibility index (Phi) is 40.8. The molecule has 7 unspecified atom stereocenters. The monoisotopic (exact) mass is 878 g/mol. The molecule has 1 rings (SSSR count). The topological polar surface area (TPSA) is 149 Å². The second kappa shape index (κ2) is 43.3. The summed E-state index contributed by atoms with van der Waals surface area (Å²) >= 11 is 0. The summed E-state index contributed by atoms with van der Waals surface area (Å²) in [7, 11) is 0. The van der Waals surface area contributed by atoms with Crippen molar-refractivity contribution >= 4 is 5.91 Å². The van der Waals surface area contributed by atoms with Crippen LogP contribution < -0.4 is 5.32 Å². The normalized spacial score (nSPS) is 20.5. The number of hydrogen-bond donors (Lipinski definition) is 6. The quantitative estimate of drug-likeness (QED) is 0.0262. The first kappa shape index (κ1) is 58.4. The molecule has 1 fully saturated rings. The highest BCUT2D eigenvalue weighted by Gasteiger charge is 2.44. The van der Waals surface area contributed by atoms with Gasteiger partial charge in [-0.25, -0.2) is 0 Å². The first-order valence-corrected chi connectivity index (χ1v) is 26.2. The van der Waals surface area contributed by atoms with E-state index in [4.69, 9.17) is 9.47 Å². The largest absolute Gasteiger partial charge is 0.394 e. The Balaban J connectivity index is 2.31. The minimum absolute atomic E-state index is 0.190. The van der Waals surface area contributed by atoms with Gasteiger partial charge in [-0.2, -0.15) is 0 Å². The van der Waals surface area contributed by atoms with Crippen LogP contribution in [0.3, 0.4) is 0 Å². The van der Waals surface area contributed by atoms with Gasteiger partial charge in [0.15, 0.2) is 6.29 Å². The molecule has 0 saturated carbocycles. The molecule has 1 aliphatic heterocycles. The van der Waals surface area contributed by atoms with Crippen LogP contribution in [-0.2, 0) is 14.3 Å². The van der Waals surface area contributed by atoms with Gasteiger partial charge >= 0.3 is 0 Å². The molecule has 0 bridgehead atoms. The van der Waals surface area contributed by atoms with E-state index in [1.54, 1.807) is 6.08 Å². The van der Waals surface area contributed by atoms with Gasteiger partial charge in [0.2, 0.25) is 5.91 Å². The van der Waals surface area contributed by atoms with Crippen molar-refractivity contribution in [2.45, 2.75) is 281 Å². The van der Waals surface area contributed by atoms with Crippen LogP contribution in [0.2, 0.25) is 0 Å². The van der Waals surface area contributed by atoms with Gasteiger partial charge in [-0.05, 0) is 57.8 Å². The van der Waals surface area contributed by atoms with Gasteiger partial charge in [0, 0.05) is 6.42 Å². The number of hydrogen-bond acceptors (Lipinski definition) is 8. The van der Waals surface area contributed by atoms with Crippen LogP contribution in [0.4, 0.5) is 0 Å². The van der Waals surface area contributed by atoms with Gasteiger partial charge in [-0.1, -0.05) is 211 Å². The second-order valence-corrected chi connectivity index (χ2v) is 18.3. The van der Waals surface area contributed by atoms with Crippen molar-refractivity contribution in [2.75, 3.05) is 13.2 Å². The highest BCUT2D eigenvalue weighted by Crippen LogP contribution is 2.23. The zero-order valence-corrected chi connectivity index (χ0v) is 40.1. The van der Waals surface area contributed by atoms with E-state index < -0.39 is 49.5 Å². The van der Waals surface area contributed by atoms with Gasteiger partial charge in [0.05, 0.1) is 25.4 Å². The highest BCUT2D eigenvalue weighted by molar-refractivity contribution is 5.76. The van der Waals surface area contributed by atoms with Crippen molar-refractivity contribution in [3.05, 3.63) is 36.5 Å². The van der Waals surface area contributed by atoms with E-state index in [1.165, 1.54) is 167 Å². The molecule has 1 aliphatic rings. The Morgan fingerprint density at radius 2 is 0.919 bits per heavy atom. The smallest absolute Gasteiger partial charge is 0.220 e. The molecule has 9 heteroatoms. The lowest BCUT2D eigenvalue weighted by molar-refractivity contribution is -0.302. The average molecular weight is 878 g/mol. The van der Waals surface area contributed by atoms with Crippen LogP contribution in [0.15, 0.2) is 36.5 Å². The fourth-order valence-electron chi connectivity index (χ4n) is 8.23. The van der Waals surface area contributed by atoms with Gasteiger partial charge in [0.25, 0.3) is 0 Å². The third-order valence-corrected chi connectivity index (χ3v) is 12.4. The Morgan fingerprint density at radius 1 is 0.532 bits per heavy atom. The first-order valence-electron chi connectivity index (χ1n) is 26.2. The van der Waals surface area contributed by atoms with E-state index in [9.17, 15) is 30.3 Å². The molecular formula is C53H99NO8. The SMILES string of the molecule is CCCCCCCC/C=C\CCCCCCCCCC(=O)NC(COC1OC(CO)C(O)C(O)C1O)C(O)/C=C/CC/C=C/CCCCCCCCCCCCCCCCCC. The number of allylic oxidation sites excluding steroid dienone is 5. The Morgan fingerprint density at radius 3 is 1.35 bits per heavy atom. The maximum absolute atomic E-state index is 13.0. The van der Waals surface area contributed by atoms with E-state index in [2.05, 4.69) is 43.5 Å². The summed E-state index contributed by atoms with van der Waals surface area (Å²) in [5.74, 6) is -0.190. The number of amides is 1. The van der Waals surface area contributed by atoms with E-state index >= 15 is 0 Å². The molecule has 0 spiro atoms. The van der Waals surface area contributed by atoms with Crippen LogP contribution in [0.25, 0.3) is 0 Å². The van der Waals surface area contributed by atoms with Gasteiger partial charge in [-0.3, -0.25) is 4.79 Å². The molecule has 1 saturated heterocycles. The third-order valence-electron chi connectivity index (χ3n) is 12.4. The molecule has 7 atom stereocenters. The van der Waals surface area contributed by atoms with Crippen molar-refractivity contribution in [1.82, 2.24) is 5.32 Å². The molecule has 6 N–H and O–H groups in total. The van der Waals surface area contributed by atoms with Gasteiger partial charge < -0.3 is 40.3 Å². The molecule has 0 aromatic carbocycles. The van der Waals surface area contributed by atoms with Crippen molar-refractivity contribution in [3.8, 4) is 0 Å². The molecule has 62 heavy (non-hydrogen) atoms. The summed E-state index contributed by atoms with van der Waals surface area (Å²) in [6, 6.07) is -0.823. The lowest BCUT2D eigenvalue weighted by Gasteiger charge is -2.40. The number of unbranched alkanes of at least 4 members (excludes halogenated alkanes) is 30. The van der Waals surface area contributed by atoms with Crippen molar-refractivity contribution < 1.29 is 39.8 Å². The third kappa shape index (κ3) is 33.0. The highest BCUT2D eigenvalue weighted by atomic mass is 16.7. The van der Waals surface area contributed by atoms with E-state index in [0.29, 0.717) is 6.42 Å². The van der Waals surface area contributed by atoms with Crippen molar-refractivity contribution in [3.63, 3.8) is 0 Å². The lowest BCUT2D eigenvalue weighted by Crippen LogP contribution is -2.60. The average Bonchev–Trinajstić information content (AvgIpc) is 3.27. The molecule has 0 aromatic rings. The number of aliphatic hydroxyl groups is 5. The molecule has 364 valence electrons. The van der Waals surface area contributed by atoms with E-state index in [0.717, 1.165) is 51.4 Å². The summed E-state index contributed by atoms with van der Waals surface area (Å²) < 4.78 is 11.2. The van der Waals surface area contributed by atoms with Gasteiger partial charge in [-0.15, -0.1) is 0 Å². The molecule has 1 heterocycles. The molecule has 0 radical (unpaired) electrons. The standard InChI is InChI=1S/C53H99NO8/c1-3-5-7-9-11-13-15-17-19-21-22-23-24-25-27-28-30-32-34-36-38-40-42-47(56)46(45-61-53-52(60)51(59)50(58)48(44-55)62-53)54-49(57)43-41-39-37-35-33-31-29-26-20-18-16-14-12-10-8-6-4-2/h18,20,32,34,40,42,46-48,50-53,55-56,58-60H,3-17,19,21-31,33,35-39,41,43-45H2,1-2H3,(H,54,57)/b20-18-,34-32+,42-40+. The Hall–Kier alpha value is -1.59. The zero-order valence-electron chi connectivity index (χ0n) is 40.1. The fraction of sp³-hybridized carbons (Fsp3) is 0.868. The van der Waals surface area contributed by atoms with Gasteiger partial charge in [0.1, 0.15) is 24.4 Å². The van der Waals surface area contributed by atoms with Crippen molar-refractivity contribution in [2.24, 2.45) is 0 Å². The van der Waals surface area contributed by atoms with Crippen LogP contribution >= 0.6 is 0 Å². The molecule has 9 nitrogen and oxygen atoms in total. The maximum atomic E-state index is 13.0. The summed E-state index contributed by atoms with van der Waals surface area (Å²) in [5.41, 5.74) is 0. The predicted octanol–water partition coefficient (Wildman–Crippen LogP) is 12.0. The van der Waals surface area contributed by atoms with Crippen LogP contribution in [-0.4, -0.2) is 87.5 Å². The molecular weight excluding hydrogens is 779 g/mol. The summed E-state index contributed by atoms with van der Waals surface area (Å²) in [5, 5.41) is 54.3. The zero-order chi connectivity index (χ0) is 45.1. The van der Waals surface area contributed by atoms with Crippen LogP contribution in [0.1, 0.15) is 239 Å². The summed E-state index contributed by atoms with van der Waals surface area (Å²) in [6.07, 6.45) is 47.7. The number of nitrogens with one attached hydrogen (secondary N) is 1. The Labute approximate surface area is 381 Å². The fourth-order valence-corrected chi connectivity index (χ4v) is 8.23. The molecule has 0 aliphatic carbocycles. The number of rotatable bonds is 44. The maximum Gasteiger partial charge on any atom is 0.220 e. The van der Waals surface area contributed by atoms with Crippen LogP contribution in [0.5, 0.6) is 0 Å². The van der Waals surface area contributed by atoms with Crippen molar-refractivity contribution in [1.29, 1.82) is 0 Å². The minimum atomic E-state index is -1.57. The summed E-state index contributed by atoms with van der Waals surface area (Å²) in [6.45, 7) is 3.77. The number of ether oxygens (including phenoxy) is 2. The van der Waals surface area contributed by atoms with E-state index in [-0.39, 0.29) is 12.5 Å².